The van der Waals surface area contributed by atoms with Gasteiger partial charge in [-0.3, -0.25) is 9.78 Å². The largest absolute Gasteiger partial charge is 0.360 e. The van der Waals surface area contributed by atoms with Gasteiger partial charge >= 0.3 is 0 Å². The standard InChI is InChI=1S/C11H13N5OS/c1-2-5-13-11-16-15-10(18-11)9(17)14-8-4-3-6-12-7-8/h3-4,6-7H,2,5H2,1H3,(H,13,16)(H,14,17). The number of aromatic nitrogens is 3. The Labute approximate surface area is 108 Å². The van der Waals surface area contributed by atoms with E-state index in [4.69, 9.17) is 0 Å². The number of nitrogens with one attached hydrogen (secondary N) is 2. The first kappa shape index (κ1) is 12.4. The number of hydrogen-bond acceptors (Lipinski definition) is 6. The molecule has 94 valence electrons. The van der Waals surface area contributed by atoms with E-state index < -0.39 is 0 Å². The lowest BCUT2D eigenvalue weighted by Crippen LogP contribution is -2.11. The summed E-state index contributed by atoms with van der Waals surface area (Å²) in [5.74, 6) is -0.273. The van der Waals surface area contributed by atoms with E-state index in [-0.39, 0.29) is 5.91 Å². The van der Waals surface area contributed by atoms with Gasteiger partial charge in [0.2, 0.25) is 10.1 Å². The molecule has 0 radical (unpaired) electrons. The summed E-state index contributed by atoms with van der Waals surface area (Å²) in [7, 11) is 0. The lowest BCUT2D eigenvalue weighted by atomic mass is 10.4. The Hall–Kier alpha value is -2.02. The SMILES string of the molecule is CCCNc1nnc(C(=O)Nc2cccnc2)s1. The second kappa shape index (κ2) is 6.06. The number of carbonyl (C=O) groups excluding carboxylic acids is 1. The molecular formula is C11H13N5OS. The molecule has 0 atom stereocenters. The molecule has 2 heterocycles. The van der Waals surface area contributed by atoms with E-state index in [9.17, 15) is 4.79 Å². The monoisotopic (exact) mass is 263 g/mol. The third-order valence-corrected chi connectivity index (χ3v) is 2.94. The molecule has 18 heavy (non-hydrogen) atoms. The highest BCUT2D eigenvalue weighted by molar-refractivity contribution is 7.17. The number of pyridine rings is 1. The Morgan fingerprint density at radius 3 is 3.06 bits per heavy atom. The van der Waals surface area contributed by atoms with Gasteiger partial charge in [-0.2, -0.15) is 0 Å². The molecule has 7 heteroatoms. The Balaban J connectivity index is 1.99. The molecule has 2 rings (SSSR count). The number of carbonyl (C=O) groups is 1. The lowest BCUT2D eigenvalue weighted by Gasteiger charge is -2.00. The van der Waals surface area contributed by atoms with E-state index in [0.29, 0.717) is 15.8 Å². The van der Waals surface area contributed by atoms with Crippen LogP contribution < -0.4 is 10.6 Å². The number of amides is 1. The first-order chi connectivity index (χ1) is 8.79. The molecule has 6 nitrogen and oxygen atoms in total. The van der Waals surface area contributed by atoms with Crippen LogP contribution >= 0.6 is 11.3 Å². The number of nitrogens with zero attached hydrogens (tertiary/aromatic N) is 3. The minimum absolute atomic E-state index is 0.273. The van der Waals surface area contributed by atoms with Crippen molar-refractivity contribution >= 4 is 28.1 Å². The van der Waals surface area contributed by atoms with Crippen molar-refractivity contribution in [3.63, 3.8) is 0 Å². The van der Waals surface area contributed by atoms with Crippen molar-refractivity contribution in [1.82, 2.24) is 15.2 Å². The van der Waals surface area contributed by atoms with Gasteiger partial charge in [0, 0.05) is 12.7 Å². The van der Waals surface area contributed by atoms with Gasteiger partial charge in [0.05, 0.1) is 11.9 Å². The molecule has 0 unspecified atom stereocenters. The minimum atomic E-state index is -0.273. The molecule has 0 aliphatic carbocycles. The van der Waals surface area contributed by atoms with Gasteiger partial charge in [0.25, 0.3) is 5.91 Å². The molecule has 0 spiro atoms. The zero-order chi connectivity index (χ0) is 12.8. The molecule has 0 bridgehead atoms. The van der Waals surface area contributed by atoms with Crippen molar-refractivity contribution in [1.29, 1.82) is 0 Å². The average Bonchev–Trinajstić information content (AvgIpc) is 2.86. The van der Waals surface area contributed by atoms with Crippen LogP contribution in [0, 0.1) is 0 Å². The summed E-state index contributed by atoms with van der Waals surface area (Å²) >= 11 is 1.23. The van der Waals surface area contributed by atoms with Crippen LogP contribution in [-0.4, -0.2) is 27.6 Å². The van der Waals surface area contributed by atoms with Gasteiger partial charge in [0.1, 0.15) is 0 Å². The van der Waals surface area contributed by atoms with Crippen LogP contribution in [0.5, 0.6) is 0 Å². The minimum Gasteiger partial charge on any atom is -0.360 e. The molecule has 0 aromatic carbocycles. The topological polar surface area (TPSA) is 79.8 Å². The lowest BCUT2D eigenvalue weighted by molar-refractivity contribution is 0.102. The molecule has 0 aliphatic rings. The molecule has 2 aromatic rings. The van der Waals surface area contributed by atoms with Crippen LogP contribution in [0.2, 0.25) is 0 Å². The Kier molecular flexibility index (Phi) is 4.19. The number of hydrogen-bond donors (Lipinski definition) is 2. The fraction of sp³-hybridized carbons (Fsp3) is 0.273. The zero-order valence-electron chi connectivity index (χ0n) is 9.88. The maximum absolute atomic E-state index is 11.8. The van der Waals surface area contributed by atoms with E-state index in [0.717, 1.165) is 13.0 Å². The van der Waals surface area contributed by atoms with Gasteiger partial charge in [-0.05, 0) is 18.6 Å². The van der Waals surface area contributed by atoms with Crippen LogP contribution in [-0.2, 0) is 0 Å². The fourth-order valence-corrected chi connectivity index (χ4v) is 1.90. The first-order valence-electron chi connectivity index (χ1n) is 5.58. The Bertz CT molecular complexity index is 513. The first-order valence-corrected chi connectivity index (χ1v) is 6.40. The van der Waals surface area contributed by atoms with Gasteiger partial charge in [-0.1, -0.05) is 18.3 Å². The molecule has 0 aliphatic heterocycles. The Morgan fingerprint density at radius 2 is 2.33 bits per heavy atom. The van der Waals surface area contributed by atoms with Gasteiger partial charge < -0.3 is 10.6 Å². The van der Waals surface area contributed by atoms with E-state index in [2.05, 4.69) is 32.7 Å². The van der Waals surface area contributed by atoms with Gasteiger partial charge in [-0.25, -0.2) is 0 Å². The van der Waals surface area contributed by atoms with Crippen LogP contribution in [0.1, 0.15) is 23.1 Å². The van der Waals surface area contributed by atoms with Crippen LogP contribution in [0.4, 0.5) is 10.8 Å². The molecule has 2 aromatic heterocycles. The summed E-state index contributed by atoms with van der Waals surface area (Å²) in [5.41, 5.74) is 0.640. The maximum Gasteiger partial charge on any atom is 0.286 e. The van der Waals surface area contributed by atoms with Crippen LogP contribution in [0.25, 0.3) is 0 Å². The van der Waals surface area contributed by atoms with Crippen molar-refractivity contribution in [3.05, 3.63) is 29.5 Å². The van der Waals surface area contributed by atoms with E-state index in [1.54, 1.807) is 24.5 Å². The summed E-state index contributed by atoms with van der Waals surface area (Å²) in [4.78, 5) is 15.8. The smallest absolute Gasteiger partial charge is 0.286 e. The van der Waals surface area contributed by atoms with E-state index >= 15 is 0 Å². The normalized spacial score (nSPS) is 10.1. The average molecular weight is 263 g/mol. The predicted molar refractivity (Wildman–Crippen MR) is 70.9 cm³/mol. The molecule has 2 N–H and O–H groups in total. The molecule has 1 amide bonds. The summed E-state index contributed by atoms with van der Waals surface area (Å²) in [6.07, 6.45) is 4.22. The fourth-order valence-electron chi connectivity index (χ4n) is 1.24. The zero-order valence-corrected chi connectivity index (χ0v) is 10.7. The van der Waals surface area contributed by atoms with E-state index in [1.807, 2.05) is 0 Å². The second-order valence-corrected chi connectivity index (χ2v) is 4.51. The van der Waals surface area contributed by atoms with Crippen LogP contribution in [0.3, 0.4) is 0 Å². The second-order valence-electron chi connectivity index (χ2n) is 3.53. The van der Waals surface area contributed by atoms with Crippen LogP contribution in [0.15, 0.2) is 24.5 Å². The quantitative estimate of drug-likeness (QED) is 0.862. The predicted octanol–water partition coefficient (Wildman–Crippen LogP) is 2.01. The van der Waals surface area contributed by atoms with Crippen molar-refractivity contribution in [3.8, 4) is 0 Å². The molecular weight excluding hydrogens is 250 g/mol. The van der Waals surface area contributed by atoms with Crippen molar-refractivity contribution < 1.29 is 4.79 Å². The third-order valence-electron chi connectivity index (χ3n) is 2.06. The molecule has 0 saturated carbocycles. The number of anilines is 2. The highest BCUT2D eigenvalue weighted by atomic mass is 32.1. The van der Waals surface area contributed by atoms with Crippen molar-refractivity contribution in [2.45, 2.75) is 13.3 Å². The van der Waals surface area contributed by atoms with Crippen molar-refractivity contribution in [2.75, 3.05) is 17.2 Å². The highest BCUT2D eigenvalue weighted by Crippen LogP contribution is 2.16. The Morgan fingerprint density at radius 1 is 1.44 bits per heavy atom. The number of rotatable bonds is 5. The van der Waals surface area contributed by atoms with Gasteiger partial charge in [0.15, 0.2) is 0 Å². The summed E-state index contributed by atoms with van der Waals surface area (Å²) < 4.78 is 0. The van der Waals surface area contributed by atoms with E-state index in [1.165, 1.54) is 11.3 Å². The maximum atomic E-state index is 11.8. The summed E-state index contributed by atoms with van der Waals surface area (Å²) in [6, 6.07) is 3.52. The molecule has 0 fully saturated rings. The van der Waals surface area contributed by atoms with Gasteiger partial charge in [-0.15, -0.1) is 10.2 Å². The summed E-state index contributed by atoms with van der Waals surface area (Å²) in [5, 5.41) is 14.5. The highest BCUT2D eigenvalue weighted by Gasteiger charge is 2.12. The third kappa shape index (κ3) is 3.24. The van der Waals surface area contributed by atoms with Crippen molar-refractivity contribution in [2.24, 2.45) is 0 Å². The summed E-state index contributed by atoms with van der Waals surface area (Å²) in [6.45, 7) is 2.88. The molecule has 0 saturated heterocycles.